The fraction of sp³-hybridized carbons (Fsp3) is 0.238. The maximum absolute atomic E-state index is 12.7. The molecule has 0 radical (unpaired) electrons. The fourth-order valence-corrected chi connectivity index (χ4v) is 3.03. The van der Waals surface area contributed by atoms with Crippen molar-refractivity contribution in [2.24, 2.45) is 5.10 Å². The maximum atomic E-state index is 12.7. The number of ether oxygens (including phenoxy) is 2. The molecule has 0 N–H and O–H groups in total. The average Bonchev–Trinajstić information content (AvgIpc) is 2.70. The zero-order valence-corrected chi connectivity index (χ0v) is 17.8. The summed E-state index contributed by atoms with van der Waals surface area (Å²) in [5.41, 5.74) is 1.15. The van der Waals surface area contributed by atoms with Gasteiger partial charge in [-0.25, -0.2) is 9.78 Å². The Morgan fingerprint density at radius 3 is 2.69 bits per heavy atom. The first-order valence-corrected chi connectivity index (χ1v) is 9.85. The summed E-state index contributed by atoms with van der Waals surface area (Å²) in [5, 5.41) is 4.77. The second-order valence-electron chi connectivity index (χ2n) is 6.26. The van der Waals surface area contributed by atoms with Crippen LogP contribution in [0, 0.1) is 6.92 Å². The Morgan fingerprint density at radius 2 is 2.00 bits per heavy atom. The monoisotopic (exact) mass is 457 g/mol. The topological polar surface area (TPSA) is 82.8 Å². The minimum Gasteiger partial charge on any atom is -0.479 e. The number of nitrogens with zero attached hydrogens (tertiary/aromatic N) is 3. The maximum Gasteiger partial charge on any atom is 0.347 e. The second-order valence-corrected chi connectivity index (χ2v) is 7.18. The van der Waals surface area contributed by atoms with E-state index in [9.17, 15) is 9.59 Å². The highest BCUT2D eigenvalue weighted by Crippen LogP contribution is 2.16. The van der Waals surface area contributed by atoms with Crippen molar-refractivity contribution in [1.29, 1.82) is 0 Å². The number of halogens is 1. The van der Waals surface area contributed by atoms with Crippen LogP contribution in [0.3, 0.4) is 0 Å². The molecule has 0 saturated carbocycles. The first kappa shape index (κ1) is 20.7. The summed E-state index contributed by atoms with van der Waals surface area (Å²) in [7, 11) is 0. The van der Waals surface area contributed by atoms with E-state index >= 15 is 0 Å². The van der Waals surface area contributed by atoms with Crippen molar-refractivity contribution in [1.82, 2.24) is 9.66 Å². The highest BCUT2D eigenvalue weighted by atomic mass is 79.9. The Hall–Kier alpha value is -3.00. The normalized spacial score (nSPS) is 12.3. The standard InChI is InChI=1S/C21H20BrN3O4/c1-4-28-21(27)13(2)29-17-8-5-15(6-9-17)12-23-25-14(3)24-19-10-7-16(22)11-18(19)20(25)26/h5-13H,4H2,1-3H3/t13-/m1/s1. The van der Waals surface area contributed by atoms with E-state index in [4.69, 9.17) is 9.47 Å². The highest BCUT2D eigenvalue weighted by molar-refractivity contribution is 9.10. The minimum atomic E-state index is -0.696. The van der Waals surface area contributed by atoms with Crippen molar-refractivity contribution in [3.8, 4) is 5.75 Å². The van der Waals surface area contributed by atoms with E-state index < -0.39 is 12.1 Å². The molecule has 8 heteroatoms. The van der Waals surface area contributed by atoms with E-state index in [-0.39, 0.29) is 5.56 Å². The van der Waals surface area contributed by atoms with E-state index in [0.717, 1.165) is 10.0 Å². The number of carbonyl (C=O) groups excluding carboxylic acids is 1. The molecule has 2 aromatic carbocycles. The molecule has 29 heavy (non-hydrogen) atoms. The largest absolute Gasteiger partial charge is 0.479 e. The molecule has 0 saturated heterocycles. The van der Waals surface area contributed by atoms with Crippen LogP contribution >= 0.6 is 15.9 Å². The van der Waals surface area contributed by atoms with Crippen molar-refractivity contribution >= 4 is 39.0 Å². The number of carbonyl (C=O) groups is 1. The minimum absolute atomic E-state index is 0.242. The van der Waals surface area contributed by atoms with Crippen molar-refractivity contribution in [3.63, 3.8) is 0 Å². The molecule has 1 heterocycles. The van der Waals surface area contributed by atoms with Crippen LogP contribution in [0.5, 0.6) is 5.75 Å². The molecule has 3 aromatic rings. The summed E-state index contributed by atoms with van der Waals surface area (Å²) in [6.07, 6.45) is 0.872. The predicted molar refractivity (Wildman–Crippen MR) is 115 cm³/mol. The van der Waals surface area contributed by atoms with Crippen LogP contribution in [-0.4, -0.2) is 34.6 Å². The summed E-state index contributed by atoms with van der Waals surface area (Å²) in [5.74, 6) is 0.612. The number of hydrogen-bond donors (Lipinski definition) is 0. The van der Waals surface area contributed by atoms with Crippen LogP contribution < -0.4 is 10.3 Å². The molecule has 0 aliphatic rings. The van der Waals surface area contributed by atoms with Gasteiger partial charge >= 0.3 is 5.97 Å². The molecule has 0 unspecified atom stereocenters. The van der Waals surface area contributed by atoms with E-state index in [1.54, 1.807) is 63.4 Å². The first-order chi connectivity index (χ1) is 13.9. The molecule has 1 atom stereocenters. The summed E-state index contributed by atoms with van der Waals surface area (Å²) >= 11 is 3.37. The molecule has 150 valence electrons. The quantitative estimate of drug-likeness (QED) is 0.416. The lowest BCUT2D eigenvalue weighted by Gasteiger charge is -2.13. The zero-order chi connectivity index (χ0) is 21.0. The Labute approximate surface area is 176 Å². The van der Waals surface area contributed by atoms with Crippen LogP contribution in [0.1, 0.15) is 25.2 Å². The second kappa shape index (κ2) is 9.00. The molecule has 0 fully saturated rings. The van der Waals surface area contributed by atoms with Crippen molar-refractivity contribution in [3.05, 3.63) is 68.7 Å². The molecule has 0 bridgehead atoms. The Kier molecular flexibility index (Phi) is 6.43. The van der Waals surface area contributed by atoms with Crippen LogP contribution in [0.15, 0.2) is 56.8 Å². The van der Waals surface area contributed by atoms with Crippen LogP contribution in [-0.2, 0) is 9.53 Å². The van der Waals surface area contributed by atoms with Crippen LogP contribution in [0.4, 0.5) is 0 Å². The molecule has 0 aliphatic carbocycles. The molecule has 0 amide bonds. The van der Waals surface area contributed by atoms with Gasteiger partial charge in [0.25, 0.3) is 5.56 Å². The third-order valence-corrected chi connectivity index (χ3v) is 4.60. The van der Waals surface area contributed by atoms with Gasteiger partial charge in [0.1, 0.15) is 11.6 Å². The molecule has 0 spiro atoms. The summed E-state index contributed by atoms with van der Waals surface area (Å²) in [4.78, 5) is 28.8. The molecule has 7 nitrogen and oxygen atoms in total. The van der Waals surface area contributed by atoms with Crippen molar-refractivity contribution in [2.75, 3.05) is 6.61 Å². The lowest BCUT2D eigenvalue weighted by molar-refractivity contribution is -0.150. The van der Waals surface area contributed by atoms with Crippen LogP contribution in [0.25, 0.3) is 10.9 Å². The molecule has 1 aromatic heterocycles. The Morgan fingerprint density at radius 1 is 1.28 bits per heavy atom. The Balaban J connectivity index is 1.80. The van der Waals surface area contributed by atoms with Gasteiger partial charge in [0, 0.05) is 4.47 Å². The van der Waals surface area contributed by atoms with Gasteiger partial charge in [0.05, 0.1) is 23.7 Å². The van der Waals surface area contributed by atoms with Gasteiger partial charge in [-0.2, -0.15) is 9.78 Å². The molecule has 3 rings (SSSR count). The zero-order valence-electron chi connectivity index (χ0n) is 16.3. The van der Waals surface area contributed by atoms with Gasteiger partial charge in [-0.15, -0.1) is 0 Å². The molecule has 0 aliphatic heterocycles. The van der Waals surface area contributed by atoms with Gasteiger partial charge in [0.2, 0.25) is 0 Å². The van der Waals surface area contributed by atoms with Crippen molar-refractivity contribution in [2.45, 2.75) is 26.9 Å². The lowest BCUT2D eigenvalue weighted by atomic mass is 10.2. The van der Waals surface area contributed by atoms with Crippen molar-refractivity contribution < 1.29 is 14.3 Å². The van der Waals surface area contributed by atoms with Gasteiger partial charge < -0.3 is 9.47 Å². The average molecular weight is 458 g/mol. The smallest absolute Gasteiger partial charge is 0.347 e. The third-order valence-electron chi connectivity index (χ3n) is 4.10. The van der Waals surface area contributed by atoms with Gasteiger partial charge in [-0.1, -0.05) is 15.9 Å². The number of rotatable bonds is 6. The predicted octanol–water partition coefficient (Wildman–Crippen LogP) is 3.68. The van der Waals surface area contributed by atoms with E-state index in [1.807, 2.05) is 6.07 Å². The Bertz CT molecular complexity index is 1120. The van der Waals surface area contributed by atoms with Gasteiger partial charge in [-0.3, -0.25) is 4.79 Å². The number of hydrogen-bond acceptors (Lipinski definition) is 6. The molecular weight excluding hydrogens is 438 g/mol. The van der Waals surface area contributed by atoms with E-state index in [1.165, 1.54) is 4.68 Å². The van der Waals surface area contributed by atoms with E-state index in [2.05, 4.69) is 26.0 Å². The third kappa shape index (κ3) is 4.89. The summed E-state index contributed by atoms with van der Waals surface area (Å²) in [6.45, 7) is 5.42. The van der Waals surface area contributed by atoms with Crippen LogP contribution in [0.2, 0.25) is 0 Å². The highest BCUT2D eigenvalue weighted by Gasteiger charge is 2.15. The summed E-state index contributed by atoms with van der Waals surface area (Å²) in [6, 6.07) is 12.4. The first-order valence-electron chi connectivity index (χ1n) is 9.05. The number of esters is 1. The number of aryl methyl sites for hydroxylation is 1. The van der Waals surface area contributed by atoms with E-state index in [0.29, 0.717) is 29.1 Å². The van der Waals surface area contributed by atoms with Gasteiger partial charge in [-0.05, 0) is 68.8 Å². The fourth-order valence-electron chi connectivity index (χ4n) is 2.66. The molecular formula is C21H20BrN3O4. The number of fused-ring (bicyclic) bond motifs is 1. The van der Waals surface area contributed by atoms with Gasteiger partial charge in [0.15, 0.2) is 6.10 Å². The SMILES string of the molecule is CCOC(=O)[C@@H](C)Oc1ccc(C=Nn2c(C)nc3ccc(Br)cc3c2=O)cc1. The number of benzene rings is 2. The number of aromatic nitrogens is 2. The lowest BCUT2D eigenvalue weighted by Crippen LogP contribution is -2.26. The summed E-state index contributed by atoms with van der Waals surface area (Å²) < 4.78 is 12.5.